The van der Waals surface area contributed by atoms with Crippen molar-refractivity contribution >= 4 is 27.5 Å². The average molecular weight is 401 g/mol. The zero-order valence-corrected chi connectivity index (χ0v) is 14.8. The zero-order valence-electron chi connectivity index (χ0n) is 13.2. The lowest BCUT2D eigenvalue weighted by Gasteiger charge is -2.10. The van der Waals surface area contributed by atoms with Crippen LogP contribution in [0.5, 0.6) is 5.75 Å². The molecule has 1 N–H and O–H groups in total. The van der Waals surface area contributed by atoms with Crippen molar-refractivity contribution in [1.29, 1.82) is 5.26 Å². The SMILES string of the molecule is CS(=O)(=O)NC(=O)c1cc(F)c(COc2ccc(C#N)c(Cl)c2)cc1F. The monoisotopic (exact) mass is 400 g/mol. The third-order valence-corrected chi connectivity index (χ3v) is 3.98. The number of hydrogen-bond acceptors (Lipinski definition) is 5. The van der Waals surface area contributed by atoms with E-state index in [1.807, 2.05) is 6.07 Å². The van der Waals surface area contributed by atoms with Crippen molar-refractivity contribution in [2.24, 2.45) is 0 Å². The number of ether oxygens (including phenoxy) is 1. The Morgan fingerprint density at radius 1 is 1.27 bits per heavy atom. The molecule has 0 unspecified atom stereocenters. The van der Waals surface area contributed by atoms with Crippen LogP contribution < -0.4 is 9.46 Å². The number of benzene rings is 2. The number of halogens is 3. The lowest BCUT2D eigenvalue weighted by Crippen LogP contribution is -2.30. The molecule has 0 spiro atoms. The Kier molecular flexibility index (Phi) is 5.79. The first-order valence-corrected chi connectivity index (χ1v) is 9.20. The van der Waals surface area contributed by atoms with Crippen LogP contribution in [0, 0.1) is 23.0 Å². The minimum Gasteiger partial charge on any atom is -0.489 e. The molecule has 10 heteroatoms. The van der Waals surface area contributed by atoms with E-state index in [0.717, 1.165) is 6.07 Å². The van der Waals surface area contributed by atoms with Crippen molar-refractivity contribution in [3.8, 4) is 11.8 Å². The number of hydrogen-bond donors (Lipinski definition) is 1. The summed E-state index contributed by atoms with van der Waals surface area (Å²) in [5.41, 5.74) is -0.713. The molecule has 0 atom stereocenters. The van der Waals surface area contributed by atoms with E-state index in [1.54, 1.807) is 4.72 Å². The minimum absolute atomic E-state index is 0.143. The van der Waals surface area contributed by atoms with E-state index in [0.29, 0.717) is 12.3 Å². The van der Waals surface area contributed by atoms with Crippen molar-refractivity contribution in [3.63, 3.8) is 0 Å². The van der Waals surface area contributed by atoms with Gasteiger partial charge in [-0.1, -0.05) is 11.6 Å². The van der Waals surface area contributed by atoms with Crippen LogP contribution in [0.25, 0.3) is 0 Å². The minimum atomic E-state index is -3.92. The van der Waals surface area contributed by atoms with Gasteiger partial charge in [0.25, 0.3) is 5.91 Å². The molecule has 0 bridgehead atoms. The Morgan fingerprint density at radius 2 is 1.96 bits per heavy atom. The standard InChI is InChI=1S/C16H11ClF2N2O4S/c1-26(23,24)21-16(22)12-6-14(18)10(4-15(12)19)8-25-11-3-2-9(7-20)13(17)5-11/h2-6H,8H2,1H3,(H,21,22). The van der Waals surface area contributed by atoms with Gasteiger partial charge in [0.05, 0.1) is 22.4 Å². The van der Waals surface area contributed by atoms with Crippen LogP contribution in [0.4, 0.5) is 8.78 Å². The van der Waals surface area contributed by atoms with Crippen LogP contribution in [0.15, 0.2) is 30.3 Å². The highest BCUT2D eigenvalue weighted by molar-refractivity contribution is 7.89. The molecule has 0 saturated carbocycles. The summed E-state index contributed by atoms with van der Waals surface area (Å²) in [6.07, 6.45) is 0.712. The van der Waals surface area contributed by atoms with Gasteiger partial charge in [0, 0.05) is 11.6 Å². The third-order valence-electron chi connectivity index (χ3n) is 3.11. The molecule has 0 saturated heterocycles. The summed E-state index contributed by atoms with van der Waals surface area (Å²) < 4.78 is 57.0. The smallest absolute Gasteiger partial charge is 0.267 e. The molecule has 2 aromatic rings. The second-order valence-corrected chi connectivity index (χ2v) is 7.32. The maximum absolute atomic E-state index is 14.1. The molecule has 0 radical (unpaired) electrons. The number of nitrogens with zero attached hydrogens (tertiary/aromatic N) is 1. The summed E-state index contributed by atoms with van der Waals surface area (Å²) in [5.74, 6) is -3.11. The maximum Gasteiger partial charge on any atom is 0.267 e. The zero-order chi connectivity index (χ0) is 19.5. The van der Waals surface area contributed by atoms with Gasteiger partial charge >= 0.3 is 0 Å². The predicted molar refractivity (Wildman–Crippen MR) is 89.2 cm³/mol. The Labute approximate surface area is 153 Å². The number of carbonyl (C=O) groups excluding carboxylic acids is 1. The Hall–Kier alpha value is -2.70. The van der Waals surface area contributed by atoms with Crippen LogP contribution >= 0.6 is 11.6 Å². The van der Waals surface area contributed by atoms with Crippen molar-refractivity contribution in [3.05, 3.63) is 63.7 Å². The molecule has 6 nitrogen and oxygen atoms in total. The van der Waals surface area contributed by atoms with E-state index in [-0.39, 0.29) is 28.5 Å². The quantitative estimate of drug-likeness (QED) is 0.832. The Bertz CT molecular complexity index is 1020. The van der Waals surface area contributed by atoms with Crippen molar-refractivity contribution in [2.45, 2.75) is 6.61 Å². The van der Waals surface area contributed by atoms with Crippen LogP contribution in [0.3, 0.4) is 0 Å². The molecule has 0 aliphatic rings. The van der Waals surface area contributed by atoms with E-state index >= 15 is 0 Å². The van der Waals surface area contributed by atoms with Crippen molar-refractivity contribution < 1.29 is 26.7 Å². The van der Waals surface area contributed by atoms with Gasteiger partial charge in [-0.3, -0.25) is 4.79 Å². The number of amides is 1. The van der Waals surface area contributed by atoms with Crippen LogP contribution in [0.2, 0.25) is 5.02 Å². The van der Waals surface area contributed by atoms with E-state index in [2.05, 4.69) is 0 Å². The fraction of sp³-hybridized carbons (Fsp3) is 0.125. The van der Waals surface area contributed by atoms with Crippen molar-refractivity contribution in [2.75, 3.05) is 6.26 Å². The van der Waals surface area contributed by atoms with E-state index in [9.17, 15) is 22.0 Å². The number of nitriles is 1. The van der Waals surface area contributed by atoms with E-state index in [4.69, 9.17) is 21.6 Å². The molecular weight excluding hydrogens is 390 g/mol. The first kappa shape index (κ1) is 19.6. The third kappa shape index (κ3) is 4.91. The maximum atomic E-state index is 14.1. The summed E-state index contributed by atoms with van der Waals surface area (Å²) in [6, 6.07) is 7.38. The first-order chi connectivity index (χ1) is 12.1. The number of nitrogens with one attached hydrogen (secondary N) is 1. The summed E-state index contributed by atoms with van der Waals surface area (Å²) in [5, 5.41) is 8.93. The molecule has 2 aromatic carbocycles. The van der Waals surface area contributed by atoms with Crippen LogP contribution in [0.1, 0.15) is 21.5 Å². The molecule has 0 aliphatic carbocycles. The summed E-state index contributed by atoms with van der Waals surface area (Å²) >= 11 is 5.85. The molecule has 0 aliphatic heterocycles. The molecule has 136 valence electrons. The lowest BCUT2D eigenvalue weighted by molar-refractivity contribution is 0.0977. The average Bonchev–Trinajstić information content (AvgIpc) is 2.53. The van der Waals surface area contributed by atoms with Gasteiger partial charge in [0.2, 0.25) is 10.0 Å². The second kappa shape index (κ2) is 7.68. The number of carbonyl (C=O) groups is 1. The highest BCUT2D eigenvalue weighted by Crippen LogP contribution is 2.23. The van der Waals surface area contributed by atoms with Gasteiger partial charge in [-0.25, -0.2) is 21.9 Å². The molecule has 2 rings (SSSR count). The molecule has 0 aromatic heterocycles. The van der Waals surface area contributed by atoms with E-state index < -0.39 is 33.1 Å². The highest BCUT2D eigenvalue weighted by atomic mass is 35.5. The molecule has 0 heterocycles. The van der Waals surface area contributed by atoms with Crippen molar-refractivity contribution in [1.82, 2.24) is 4.72 Å². The molecule has 1 amide bonds. The highest BCUT2D eigenvalue weighted by Gasteiger charge is 2.19. The first-order valence-electron chi connectivity index (χ1n) is 6.93. The number of sulfonamides is 1. The fourth-order valence-corrected chi connectivity index (χ4v) is 2.59. The van der Waals surface area contributed by atoms with Crippen LogP contribution in [-0.4, -0.2) is 20.6 Å². The van der Waals surface area contributed by atoms with Gasteiger partial charge in [-0.15, -0.1) is 0 Å². The predicted octanol–water partition coefficient (Wildman–Crippen LogP) is 2.76. The fourth-order valence-electron chi connectivity index (χ4n) is 1.93. The molecule has 26 heavy (non-hydrogen) atoms. The van der Waals surface area contributed by atoms with Crippen LogP contribution in [-0.2, 0) is 16.6 Å². The van der Waals surface area contributed by atoms with Gasteiger partial charge in [0.1, 0.15) is 30.1 Å². The normalized spacial score (nSPS) is 10.9. The Balaban J connectivity index is 2.19. The summed E-state index contributed by atoms with van der Waals surface area (Å²) in [6.45, 7) is -0.376. The molecule has 0 fully saturated rings. The molecular formula is C16H11ClF2N2O4S. The summed E-state index contributed by atoms with van der Waals surface area (Å²) in [7, 11) is -3.92. The van der Waals surface area contributed by atoms with Gasteiger partial charge in [0.15, 0.2) is 0 Å². The number of rotatable bonds is 5. The topological polar surface area (TPSA) is 96.3 Å². The second-order valence-electron chi connectivity index (χ2n) is 5.17. The van der Waals surface area contributed by atoms with Gasteiger partial charge < -0.3 is 4.74 Å². The Morgan fingerprint density at radius 3 is 2.54 bits per heavy atom. The van der Waals surface area contributed by atoms with Gasteiger partial charge in [-0.05, 0) is 24.3 Å². The van der Waals surface area contributed by atoms with E-state index in [1.165, 1.54) is 18.2 Å². The largest absolute Gasteiger partial charge is 0.489 e. The lowest BCUT2D eigenvalue weighted by atomic mass is 10.1. The summed E-state index contributed by atoms with van der Waals surface area (Å²) in [4.78, 5) is 11.7. The van der Waals surface area contributed by atoms with Gasteiger partial charge in [-0.2, -0.15) is 5.26 Å².